The summed E-state index contributed by atoms with van der Waals surface area (Å²) in [7, 11) is 0. The van der Waals surface area contributed by atoms with Gasteiger partial charge in [0.05, 0.1) is 0 Å². The van der Waals surface area contributed by atoms with E-state index in [2.05, 4.69) is 4.74 Å². The highest BCUT2D eigenvalue weighted by Gasteiger charge is 2.27. The number of carbonyl (C=O) groups excluding carboxylic acids is 1. The molecule has 1 unspecified atom stereocenters. The average Bonchev–Trinajstić information content (AvgIpc) is 2.21. The van der Waals surface area contributed by atoms with Crippen molar-refractivity contribution in [3.63, 3.8) is 0 Å². The van der Waals surface area contributed by atoms with Gasteiger partial charge in [0.1, 0.15) is 6.04 Å². The van der Waals surface area contributed by atoms with Crippen LogP contribution in [-0.4, -0.2) is 40.3 Å². The van der Waals surface area contributed by atoms with E-state index in [1.54, 1.807) is 13.8 Å². The van der Waals surface area contributed by atoms with E-state index in [0.29, 0.717) is 0 Å². The van der Waals surface area contributed by atoms with Gasteiger partial charge in [-0.25, -0.2) is 4.79 Å². The smallest absolute Gasteiger partial charge is 0.345 e. The average molecular weight is 247 g/mol. The summed E-state index contributed by atoms with van der Waals surface area (Å²) in [4.78, 5) is 32.4. The van der Waals surface area contributed by atoms with Crippen LogP contribution in [0.15, 0.2) is 0 Å². The molecule has 0 aliphatic rings. The van der Waals surface area contributed by atoms with Crippen molar-refractivity contribution in [3.8, 4) is 0 Å². The second-order valence-corrected chi connectivity index (χ2v) is 3.97. The summed E-state index contributed by atoms with van der Waals surface area (Å²) in [6.45, 7) is 3.39. The lowest BCUT2D eigenvalue weighted by Gasteiger charge is -2.18. The third kappa shape index (κ3) is 5.86. The lowest BCUT2D eigenvalue weighted by atomic mass is 10.1. The number of hydrogen-bond donors (Lipinski definition) is 3. The normalized spacial score (nSPS) is 14.1. The monoisotopic (exact) mass is 247 g/mol. The molecule has 2 atom stereocenters. The molecule has 7 nitrogen and oxygen atoms in total. The molecule has 0 heterocycles. The van der Waals surface area contributed by atoms with Crippen molar-refractivity contribution in [3.05, 3.63) is 0 Å². The zero-order chi connectivity index (χ0) is 13.6. The Hall–Kier alpha value is -1.63. The minimum absolute atomic E-state index is 0.184. The van der Waals surface area contributed by atoms with Crippen LogP contribution in [0.4, 0.5) is 0 Å². The Labute approximate surface area is 98.6 Å². The van der Waals surface area contributed by atoms with E-state index in [4.69, 9.17) is 15.9 Å². The van der Waals surface area contributed by atoms with Gasteiger partial charge in [-0.1, -0.05) is 13.8 Å². The Morgan fingerprint density at radius 1 is 1.24 bits per heavy atom. The van der Waals surface area contributed by atoms with Crippen LogP contribution in [0.1, 0.15) is 26.7 Å². The number of aliphatic carboxylic acids is 2. The summed E-state index contributed by atoms with van der Waals surface area (Å²) < 4.78 is 4.66. The van der Waals surface area contributed by atoms with Gasteiger partial charge in [0, 0.05) is 12.8 Å². The minimum Gasteiger partial charge on any atom is -0.481 e. The third-order valence-corrected chi connectivity index (χ3v) is 2.14. The first-order valence-corrected chi connectivity index (χ1v) is 5.16. The van der Waals surface area contributed by atoms with Crippen LogP contribution in [0, 0.1) is 5.92 Å². The Balaban J connectivity index is 4.39. The molecular weight excluding hydrogens is 230 g/mol. The van der Waals surface area contributed by atoms with Crippen molar-refractivity contribution in [2.45, 2.75) is 38.8 Å². The van der Waals surface area contributed by atoms with Gasteiger partial charge < -0.3 is 20.7 Å². The molecule has 0 spiro atoms. The SMILES string of the molecule is CC(C)[C@@H](N)C(=O)OC(CCC(=O)O)C(=O)O. The first-order valence-electron chi connectivity index (χ1n) is 5.16. The number of ether oxygens (including phenoxy) is 1. The number of hydrogen-bond acceptors (Lipinski definition) is 5. The zero-order valence-corrected chi connectivity index (χ0v) is 9.75. The number of esters is 1. The van der Waals surface area contributed by atoms with Gasteiger partial charge >= 0.3 is 17.9 Å². The zero-order valence-electron chi connectivity index (χ0n) is 9.75. The minimum atomic E-state index is -1.47. The number of rotatable bonds is 7. The molecule has 4 N–H and O–H groups in total. The number of nitrogens with two attached hydrogens (primary N) is 1. The lowest BCUT2D eigenvalue weighted by Crippen LogP contribution is -2.40. The summed E-state index contributed by atoms with van der Waals surface area (Å²) in [5.41, 5.74) is 5.48. The Bertz CT molecular complexity index is 301. The van der Waals surface area contributed by atoms with Crippen LogP contribution in [0.3, 0.4) is 0 Å². The van der Waals surface area contributed by atoms with E-state index in [0.717, 1.165) is 0 Å². The van der Waals surface area contributed by atoms with Gasteiger partial charge in [0.25, 0.3) is 0 Å². The van der Waals surface area contributed by atoms with Gasteiger partial charge in [-0.3, -0.25) is 9.59 Å². The molecule has 0 aromatic carbocycles. The van der Waals surface area contributed by atoms with Crippen molar-refractivity contribution >= 4 is 17.9 Å². The fourth-order valence-electron chi connectivity index (χ4n) is 0.978. The van der Waals surface area contributed by atoms with Crippen LogP contribution in [0.25, 0.3) is 0 Å². The maximum atomic E-state index is 11.4. The predicted molar refractivity (Wildman–Crippen MR) is 57.2 cm³/mol. The molecule has 0 amide bonds. The van der Waals surface area contributed by atoms with Gasteiger partial charge in [-0.05, 0) is 5.92 Å². The molecule has 0 aromatic heterocycles. The highest BCUT2D eigenvalue weighted by Crippen LogP contribution is 2.08. The molecule has 0 aliphatic carbocycles. The summed E-state index contributed by atoms with van der Waals surface area (Å²) in [5.74, 6) is -3.55. The number of carbonyl (C=O) groups is 3. The van der Waals surface area contributed by atoms with Crippen molar-refractivity contribution in [1.82, 2.24) is 0 Å². The van der Waals surface area contributed by atoms with Crippen LogP contribution in [0.2, 0.25) is 0 Å². The largest absolute Gasteiger partial charge is 0.481 e. The molecule has 0 radical (unpaired) electrons. The van der Waals surface area contributed by atoms with Crippen LogP contribution in [-0.2, 0) is 19.1 Å². The fourth-order valence-corrected chi connectivity index (χ4v) is 0.978. The standard InChI is InChI=1S/C10H17NO6/c1-5(2)8(11)10(16)17-6(9(14)15)3-4-7(12)13/h5-6,8H,3-4,11H2,1-2H3,(H,12,13)(H,14,15)/t6?,8-/m1/s1. The Morgan fingerprint density at radius 2 is 1.76 bits per heavy atom. The molecule has 0 rings (SSSR count). The molecule has 17 heavy (non-hydrogen) atoms. The maximum absolute atomic E-state index is 11.4. The van der Waals surface area contributed by atoms with Crippen LogP contribution in [0.5, 0.6) is 0 Å². The quantitative estimate of drug-likeness (QED) is 0.533. The molecule has 0 saturated carbocycles. The maximum Gasteiger partial charge on any atom is 0.345 e. The van der Waals surface area contributed by atoms with E-state index in [1.165, 1.54) is 0 Å². The van der Waals surface area contributed by atoms with E-state index < -0.39 is 30.1 Å². The predicted octanol–water partition coefficient (Wildman–Crippen LogP) is -0.169. The number of carboxylic acid groups (broad SMARTS) is 2. The molecule has 0 fully saturated rings. The van der Waals surface area contributed by atoms with Gasteiger partial charge in [0.2, 0.25) is 0 Å². The summed E-state index contributed by atoms with van der Waals surface area (Å²) in [5, 5.41) is 17.2. The second-order valence-electron chi connectivity index (χ2n) is 3.97. The van der Waals surface area contributed by atoms with E-state index in [1.807, 2.05) is 0 Å². The second kappa shape index (κ2) is 6.85. The van der Waals surface area contributed by atoms with Gasteiger partial charge in [-0.2, -0.15) is 0 Å². The first-order chi connectivity index (χ1) is 7.75. The van der Waals surface area contributed by atoms with E-state index >= 15 is 0 Å². The third-order valence-electron chi connectivity index (χ3n) is 2.14. The molecule has 0 bridgehead atoms. The Morgan fingerprint density at radius 3 is 2.12 bits per heavy atom. The van der Waals surface area contributed by atoms with E-state index in [-0.39, 0.29) is 18.8 Å². The molecule has 0 saturated heterocycles. The van der Waals surface area contributed by atoms with E-state index in [9.17, 15) is 14.4 Å². The van der Waals surface area contributed by atoms with Crippen molar-refractivity contribution in [1.29, 1.82) is 0 Å². The van der Waals surface area contributed by atoms with Gasteiger partial charge in [-0.15, -0.1) is 0 Å². The molecule has 0 aromatic rings. The lowest BCUT2D eigenvalue weighted by molar-refractivity contribution is -0.166. The van der Waals surface area contributed by atoms with Gasteiger partial charge in [0.15, 0.2) is 6.10 Å². The molecule has 98 valence electrons. The Kier molecular flexibility index (Phi) is 6.19. The van der Waals surface area contributed by atoms with Crippen molar-refractivity contribution < 1.29 is 29.3 Å². The van der Waals surface area contributed by atoms with Crippen LogP contribution >= 0.6 is 0 Å². The summed E-state index contributed by atoms with van der Waals surface area (Å²) in [6, 6.07) is -0.915. The molecule has 0 aliphatic heterocycles. The summed E-state index contributed by atoms with van der Waals surface area (Å²) in [6.07, 6.45) is -2.13. The highest BCUT2D eigenvalue weighted by atomic mass is 16.6. The van der Waals surface area contributed by atoms with Crippen molar-refractivity contribution in [2.75, 3.05) is 0 Å². The number of carboxylic acids is 2. The molecular formula is C10H17NO6. The summed E-state index contributed by atoms with van der Waals surface area (Å²) >= 11 is 0. The van der Waals surface area contributed by atoms with Crippen LogP contribution < -0.4 is 5.73 Å². The fraction of sp³-hybridized carbons (Fsp3) is 0.700. The highest BCUT2D eigenvalue weighted by molar-refractivity contribution is 5.81. The topological polar surface area (TPSA) is 127 Å². The molecule has 7 heteroatoms. The first kappa shape index (κ1) is 15.4. The van der Waals surface area contributed by atoms with Crippen molar-refractivity contribution in [2.24, 2.45) is 11.7 Å².